The number of aryl methyl sites for hydroxylation is 3. The summed E-state index contributed by atoms with van der Waals surface area (Å²) in [5.41, 5.74) is 9.13. The summed E-state index contributed by atoms with van der Waals surface area (Å²) < 4.78 is 201. The van der Waals surface area contributed by atoms with E-state index in [4.69, 9.17) is 26.6 Å². The molecule has 766 valence electrons. The summed E-state index contributed by atoms with van der Waals surface area (Å²) in [5, 5.41) is 36.8. The number of piperidine rings is 4. The lowest BCUT2D eigenvalue weighted by Gasteiger charge is -2.45. The summed E-state index contributed by atoms with van der Waals surface area (Å²) in [5.74, 6) is -2.55. The van der Waals surface area contributed by atoms with Crippen molar-refractivity contribution >= 4 is 86.9 Å². The maximum Gasteiger partial charge on any atom is 0.425 e. The minimum absolute atomic E-state index is 0.00222. The molecule has 8 aliphatic rings. The fraction of sp³-hybridized carbons (Fsp3) is 0.656. The Bertz CT molecular complexity index is 4740. The predicted octanol–water partition coefficient (Wildman–Crippen LogP) is 17.3. The maximum atomic E-state index is 12.8. The molecule has 4 aromatic carbocycles. The van der Waals surface area contributed by atoms with Gasteiger partial charge in [-0.1, -0.05) is 41.9 Å². The smallest absolute Gasteiger partial charge is 0.425 e. The lowest BCUT2D eigenvalue weighted by atomic mass is 9.84. The van der Waals surface area contributed by atoms with Gasteiger partial charge in [0.2, 0.25) is 15.9 Å². The number of benzene rings is 4. The molecular weight excluding hydrogens is 1870 g/mol. The first-order valence-electron chi connectivity index (χ1n) is 46.3. The summed E-state index contributed by atoms with van der Waals surface area (Å²) in [6, 6.07) is 22.8. The molecule has 0 bridgehead atoms. The highest BCUT2D eigenvalue weighted by Gasteiger charge is 2.52. The fourth-order valence-electron chi connectivity index (χ4n) is 19.1. The van der Waals surface area contributed by atoms with Gasteiger partial charge in [0.25, 0.3) is 0 Å². The minimum Gasteiger partial charge on any atom is -0.493 e. The number of rotatable bonds is 29. The molecule has 0 aliphatic carbocycles. The number of amides is 5. The van der Waals surface area contributed by atoms with E-state index in [9.17, 15) is 105 Å². The van der Waals surface area contributed by atoms with Gasteiger partial charge in [-0.3, -0.25) is 43.5 Å². The fourth-order valence-corrected chi connectivity index (χ4v) is 19.8. The predicted molar refractivity (Wildman–Crippen MR) is 486 cm³/mol. The molecule has 5 atom stereocenters. The van der Waals surface area contributed by atoms with Gasteiger partial charge in [-0.15, -0.1) is 0 Å². The van der Waals surface area contributed by atoms with Crippen LogP contribution in [-0.4, -0.2) is 293 Å². The van der Waals surface area contributed by atoms with Gasteiger partial charge in [-0.05, 0) is 267 Å². The van der Waals surface area contributed by atoms with Crippen molar-refractivity contribution in [2.24, 2.45) is 0 Å². The number of hydrogen-bond donors (Lipinski definition) is 7. The number of halogens is 13. The second kappa shape index (κ2) is 48.0. The number of ether oxygens (including phenoxy) is 5. The van der Waals surface area contributed by atoms with E-state index in [1.54, 1.807) is 13.0 Å². The van der Waals surface area contributed by atoms with Crippen molar-refractivity contribution in [1.82, 2.24) is 43.9 Å². The zero-order valence-electron chi connectivity index (χ0n) is 78.8. The van der Waals surface area contributed by atoms with Crippen molar-refractivity contribution in [3.8, 4) is 5.75 Å². The van der Waals surface area contributed by atoms with E-state index in [1.165, 1.54) is 19.6 Å². The molecule has 4 unspecified atom stereocenters. The second-order valence-electron chi connectivity index (χ2n) is 37.1. The van der Waals surface area contributed by atoms with E-state index in [2.05, 4.69) is 60.6 Å². The van der Waals surface area contributed by atoms with Crippen LogP contribution in [0.4, 0.5) is 88.9 Å². The Labute approximate surface area is 795 Å². The monoisotopic (exact) mass is 2000 g/mol. The highest BCUT2D eigenvalue weighted by Crippen LogP contribution is 2.46. The molecule has 8 fully saturated rings. The molecule has 8 aliphatic heterocycles. The number of nitrogens with one attached hydrogen (secondary N) is 4. The van der Waals surface area contributed by atoms with Crippen LogP contribution in [0, 0.1) is 20.8 Å². The number of sulfonamides is 1. The number of carboxylic acid groups (broad SMARTS) is 3. The topological polar surface area (TPSA) is 352 Å². The van der Waals surface area contributed by atoms with E-state index in [0.717, 1.165) is 174 Å². The van der Waals surface area contributed by atoms with Gasteiger partial charge in [-0.2, -0.15) is 52.7 Å². The van der Waals surface area contributed by atoms with Crippen molar-refractivity contribution in [3.63, 3.8) is 0 Å². The quantitative estimate of drug-likeness (QED) is 0.0151. The zero-order valence-corrected chi connectivity index (χ0v) is 80.3. The highest BCUT2D eigenvalue weighted by atomic mass is 35.5. The Morgan fingerprint density at radius 3 is 1.11 bits per heavy atom. The molecule has 5 amide bonds. The summed E-state index contributed by atoms with van der Waals surface area (Å²) in [7, 11) is -3.59. The molecule has 7 N–H and O–H groups in total. The standard InChI is InChI=1S/C25H36F3N3O6S.2C23H32F3N3O4.C22H29ClF3N3O4/c1-18-7-8-20(21(16-18)36-15-4-6-22(32)29-38(3,34)35)17-31-12-5-9-24(31)10-13-30(14-11-24)23(33)37-19(2)25(26,27)28;1-15-5-6-18(19(13-15)27-16(2)20(30)31)14-29-10-4-7-22(29)8-11-28(12-9-22)21(32)33-17(3)23(24,25)26;1-16-12-18(14-19(13-16)27-8-4-20(30)31)15-29-9-3-5-22(29)6-10-28(11-7-22)21(32)33-17(2)23(24,25)26;1-15(22(24,25)26)33-20(32)28-9-5-21(6-10-28)4-2-8-29(21)14-16-11-17(23)13-18(12-16)27-7-3-19(30)31/h7-8,16,19H,4-6,9-15,17H2,1-3H3,(H,29,32);5-6,13,16-17,27H,4,7-12,14H2,1-3H3,(H,30,31);12-14,17,27H,3-11,15H2,1-2H3,(H,30,31);11-13,15,27H,2-10,14H2,1H3,(H,30,31)/t;16-,17?;;/m.0../s1. The molecular formula is C93H129ClF12N12O18S. The first kappa shape index (κ1) is 111. The Morgan fingerprint density at radius 1 is 0.423 bits per heavy atom. The van der Waals surface area contributed by atoms with E-state index in [1.807, 2.05) is 86.2 Å². The molecule has 0 radical (unpaired) electrons. The van der Waals surface area contributed by atoms with Crippen LogP contribution in [0.5, 0.6) is 5.75 Å². The van der Waals surface area contributed by atoms with Crippen LogP contribution >= 0.6 is 11.6 Å². The van der Waals surface area contributed by atoms with Gasteiger partial charge in [0.05, 0.1) is 25.7 Å². The molecule has 8 saturated heterocycles. The number of aliphatic carboxylic acids is 3. The van der Waals surface area contributed by atoms with Crippen LogP contribution in [0.25, 0.3) is 0 Å². The summed E-state index contributed by atoms with van der Waals surface area (Å²) in [6.07, 6.45) is -16.1. The van der Waals surface area contributed by atoms with E-state index >= 15 is 0 Å². The van der Waals surface area contributed by atoms with Crippen LogP contribution in [0.15, 0.2) is 72.8 Å². The molecule has 12 rings (SSSR count). The largest absolute Gasteiger partial charge is 0.493 e. The molecule has 4 aromatic rings. The van der Waals surface area contributed by atoms with Crippen molar-refractivity contribution in [2.75, 3.05) is 120 Å². The number of likely N-dealkylation sites (tertiary alicyclic amines) is 8. The highest BCUT2D eigenvalue weighted by molar-refractivity contribution is 7.89. The van der Waals surface area contributed by atoms with Crippen LogP contribution in [-0.2, 0) is 74.3 Å². The number of nitrogens with zero attached hydrogens (tertiary/aromatic N) is 8. The average Bonchev–Trinajstić information content (AvgIpc) is 1.67. The Kier molecular flexibility index (Phi) is 38.8. The number of alkyl halides is 12. The second-order valence-corrected chi connectivity index (χ2v) is 39.3. The van der Waals surface area contributed by atoms with E-state index in [0.29, 0.717) is 154 Å². The van der Waals surface area contributed by atoms with Gasteiger partial charge in [0.15, 0.2) is 24.4 Å². The first-order valence-corrected chi connectivity index (χ1v) is 48.6. The summed E-state index contributed by atoms with van der Waals surface area (Å²) in [6.45, 7) is 20.6. The molecule has 30 nitrogen and oxygen atoms in total. The van der Waals surface area contributed by atoms with Crippen molar-refractivity contribution in [2.45, 2.75) is 287 Å². The molecule has 0 saturated carbocycles. The third-order valence-electron chi connectivity index (χ3n) is 27.0. The van der Waals surface area contributed by atoms with Gasteiger partial charge in [0, 0.05) is 148 Å². The molecule has 44 heteroatoms. The third-order valence-corrected chi connectivity index (χ3v) is 27.8. The lowest BCUT2D eigenvalue weighted by molar-refractivity contribution is -0.200. The van der Waals surface area contributed by atoms with Crippen molar-refractivity contribution in [3.05, 3.63) is 117 Å². The summed E-state index contributed by atoms with van der Waals surface area (Å²) >= 11 is 6.27. The minimum atomic E-state index is -4.59. The van der Waals surface area contributed by atoms with Crippen LogP contribution in [0.2, 0.25) is 5.02 Å². The SMILES string of the molecule is CC(OC(=O)N1CCC2(CCCN2Cc2cc(Cl)cc(NCCC(=O)O)c2)CC1)C(F)(F)F.Cc1cc(CN2CCCC23CCN(C(=O)OC(C)C(F)(F)F)CC3)cc(NCCC(=O)O)c1.Cc1ccc(CN2CCCC23CCN(C(=O)OC(C)C(F)(F)F)CC3)c(N[C@@H](C)C(=O)O)c1.Cc1ccc(CN2CCCC23CCN(C(=O)OC(C)C(F)(F)F)CC3)c(OCCCC(=O)NS(C)(=O)=O)c1. The normalized spacial score (nSPS) is 19.5. The Balaban J connectivity index is 0.000000205. The number of hydrogen-bond acceptors (Lipinski definition) is 22. The molecule has 8 heterocycles. The molecule has 137 heavy (non-hydrogen) atoms. The van der Waals surface area contributed by atoms with Gasteiger partial charge in [-0.25, -0.2) is 27.6 Å². The number of carbonyl (C=O) groups is 8. The van der Waals surface area contributed by atoms with Crippen LogP contribution in [0.3, 0.4) is 0 Å². The van der Waals surface area contributed by atoms with E-state index in [-0.39, 0.29) is 48.0 Å². The maximum absolute atomic E-state index is 12.8. The first-order chi connectivity index (χ1) is 64.1. The molecule has 4 spiro atoms. The van der Waals surface area contributed by atoms with E-state index < -0.39 is 113 Å². The van der Waals surface area contributed by atoms with Crippen molar-refractivity contribution < 1.29 is 138 Å². The Morgan fingerprint density at radius 2 is 0.759 bits per heavy atom. The van der Waals surface area contributed by atoms with Gasteiger partial charge in [0.1, 0.15) is 11.8 Å². The van der Waals surface area contributed by atoms with Gasteiger partial charge >= 0.3 is 67.0 Å². The van der Waals surface area contributed by atoms with Crippen molar-refractivity contribution in [1.29, 1.82) is 0 Å². The van der Waals surface area contributed by atoms with Crippen LogP contribution in [0.1, 0.15) is 202 Å². The zero-order chi connectivity index (χ0) is 101. The number of carbonyl (C=O) groups excluding carboxylic acids is 5. The lowest BCUT2D eigenvalue weighted by Crippen LogP contribution is -2.53. The van der Waals surface area contributed by atoms with Gasteiger partial charge < -0.3 is 74.6 Å². The number of carboxylic acids is 3. The third kappa shape index (κ3) is 32.7. The van der Waals surface area contributed by atoms with Crippen LogP contribution < -0.4 is 25.4 Å². The molecule has 0 aromatic heterocycles. The summed E-state index contributed by atoms with van der Waals surface area (Å²) in [4.78, 5) is 108. The Hall–Kier alpha value is -9.72. The number of anilines is 3. The average molecular weight is 2000 g/mol.